The van der Waals surface area contributed by atoms with Crippen LogP contribution in [0.1, 0.15) is 16.1 Å². The summed E-state index contributed by atoms with van der Waals surface area (Å²) in [5, 5.41) is 7.69. The standard InChI is InChI=1S/C22H15N3O4/c26-20-15-8-4-5-9-17(15)28-22-16(20)12-18(29-22)21(27)23-19-10-11-25(24-19)13-14-6-2-1-3-7-14/h1-12H,13H2,(H,23,24,27). The molecule has 0 saturated carbocycles. The Morgan fingerprint density at radius 2 is 1.76 bits per heavy atom. The number of amides is 1. The minimum atomic E-state index is -0.509. The molecule has 7 heteroatoms. The minimum Gasteiger partial charge on any atom is -0.425 e. The van der Waals surface area contributed by atoms with Gasteiger partial charge >= 0.3 is 5.78 Å². The lowest BCUT2D eigenvalue weighted by Crippen LogP contribution is -2.12. The number of aromatic nitrogens is 2. The van der Waals surface area contributed by atoms with E-state index in [1.807, 2.05) is 30.3 Å². The van der Waals surface area contributed by atoms with Gasteiger partial charge in [-0.1, -0.05) is 42.5 Å². The van der Waals surface area contributed by atoms with Crippen LogP contribution in [0, 0.1) is 0 Å². The van der Waals surface area contributed by atoms with Crippen molar-refractivity contribution in [3.8, 4) is 0 Å². The highest BCUT2D eigenvalue weighted by Crippen LogP contribution is 2.22. The first-order valence-electron chi connectivity index (χ1n) is 9.01. The molecule has 2 aromatic carbocycles. The summed E-state index contributed by atoms with van der Waals surface area (Å²) in [6.45, 7) is 0.590. The number of nitrogens with zero attached hydrogens (tertiary/aromatic N) is 2. The van der Waals surface area contributed by atoms with Gasteiger partial charge in [0, 0.05) is 18.3 Å². The summed E-state index contributed by atoms with van der Waals surface area (Å²) in [6.07, 6.45) is 1.78. The van der Waals surface area contributed by atoms with Crippen LogP contribution < -0.4 is 10.7 Å². The third kappa shape index (κ3) is 3.19. The molecule has 0 spiro atoms. The van der Waals surface area contributed by atoms with Crippen LogP contribution in [0.25, 0.3) is 22.1 Å². The number of anilines is 1. The molecule has 5 aromatic rings. The highest BCUT2D eigenvalue weighted by Gasteiger charge is 2.18. The van der Waals surface area contributed by atoms with E-state index in [2.05, 4.69) is 10.4 Å². The van der Waals surface area contributed by atoms with Gasteiger partial charge in [0.05, 0.1) is 11.9 Å². The Balaban J connectivity index is 1.40. The molecule has 0 unspecified atom stereocenters. The molecule has 0 saturated heterocycles. The molecule has 142 valence electrons. The number of carbonyl (C=O) groups is 1. The van der Waals surface area contributed by atoms with Crippen molar-refractivity contribution < 1.29 is 13.6 Å². The highest BCUT2D eigenvalue weighted by molar-refractivity contribution is 6.04. The van der Waals surface area contributed by atoms with Crippen LogP contribution >= 0.6 is 0 Å². The van der Waals surface area contributed by atoms with E-state index in [1.165, 1.54) is 6.07 Å². The normalized spacial score (nSPS) is 11.2. The number of benzene rings is 2. The average Bonchev–Trinajstić information content (AvgIpc) is 3.36. The Bertz CT molecular complexity index is 1400. The van der Waals surface area contributed by atoms with Gasteiger partial charge in [0.2, 0.25) is 5.43 Å². The maximum atomic E-state index is 12.6. The van der Waals surface area contributed by atoms with Gasteiger partial charge in [-0.2, -0.15) is 5.10 Å². The zero-order valence-electron chi connectivity index (χ0n) is 15.2. The van der Waals surface area contributed by atoms with Gasteiger partial charge < -0.3 is 14.2 Å². The molecule has 0 fully saturated rings. The molecular formula is C22H15N3O4. The lowest BCUT2D eigenvalue weighted by atomic mass is 10.2. The van der Waals surface area contributed by atoms with E-state index in [0.29, 0.717) is 23.3 Å². The Morgan fingerprint density at radius 3 is 2.62 bits per heavy atom. The lowest BCUT2D eigenvalue weighted by molar-refractivity contribution is 0.0996. The van der Waals surface area contributed by atoms with Crippen molar-refractivity contribution in [2.75, 3.05) is 5.32 Å². The van der Waals surface area contributed by atoms with Crippen molar-refractivity contribution in [2.45, 2.75) is 6.54 Å². The Kier molecular flexibility index (Phi) is 3.98. The third-order valence-corrected chi connectivity index (χ3v) is 4.57. The van der Waals surface area contributed by atoms with Gasteiger partial charge in [0.1, 0.15) is 11.0 Å². The quantitative estimate of drug-likeness (QED) is 0.504. The van der Waals surface area contributed by atoms with Gasteiger partial charge in [-0.25, -0.2) is 0 Å². The fourth-order valence-electron chi connectivity index (χ4n) is 3.17. The zero-order valence-corrected chi connectivity index (χ0v) is 15.2. The molecule has 3 aromatic heterocycles. The van der Waals surface area contributed by atoms with Crippen molar-refractivity contribution in [3.05, 3.63) is 94.5 Å². The van der Waals surface area contributed by atoms with Crippen LogP contribution in [0.2, 0.25) is 0 Å². The van der Waals surface area contributed by atoms with Gasteiger partial charge in [0.15, 0.2) is 11.6 Å². The predicted octanol–water partition coefficient (Wildman–Crippen LogP) is 4.04. The van der Waals surface area contributed by atoms with Crippen LogP contribution in [0.3, 0.4) is 0 Å². The van der Waals surface area contributed by atoms with Gasteiger partial charge in [-0.15, -0.1) is 0 Å². The summed E-state index contributed by atoms with van der Waals surface area (Å²) in [5.74, 6) is -0.122. The van der Waals surface area contributed by atoms with E-state index in [4.69, 9.17) is 8.83 Å². The van der Waals surface area contributed by atoms with E-state index in [1.54, 1.807) is 41.2 Å². The van der Waals surface area contributed by atoms with Crippen LogP contribution in [0.4, 0.5) is 5.82 Å². The first-order chi connectivity index (χ1) is 14.2. The zero-order chi connectivity index (χ0) is 19.8. The van der Waals surface area contributed by atoms with Crippen molar-refractivity contribution in [1.29, 1.82) is 0 Å². The summed E-state index contributed by atoms with van der Waals surface area (Å²) < 4.78 is 12.8. The third-order valence-electron chi connectivity index (χ3n) is 4.57. The molecule has 29 heavy (non-hydrogen) atoms. The number of fused-ring (bicyclic) bond motifs is 2. The Labute approximate surface area is 164 Å². The minimum absolute atomic E-state index is 0.0197. The molecule has 0 aliphatic heterocycles. The summed E-state index contributed by atoms with van der Waals surface area (Å²) in [6, 6.07) is 19.8. The van der Waals surface area contributed by atoms with Crippen molar-refractivity contribution in [2.24, 2.45) is 0 Å². The highest BCUT2D eigenvalue weighted by atomic mass is 16.5. The summed E-state index contributed by atoms with van der Waals surface area (Å²) >= 11 is 0. The van der Waals surface area contributed by atoms with Crippen LogP contribution in [0.5, 0.6) is 0 Å². The van der Waals surface area contributed by atoms with E-state index in [9.17, 15) is 9.59 Å². The molecule has 0 aliphatic rings. The van der Waals surface area contributed by atoms with Crippen molar-refractivity contribution in [3.63, 3.8) is 0 Å². The number of hydrogen-bond acceptors (Lipinski definition) is 5. The maximum absolute atomic E-state index is 12.6. The van der Waals surface area contributed by atoms with E-state index < -0.39 is 5.91 Å². The predicted molar refractivity (Wildman–Crippen MR) is 108 cm³/mol. The average molecular weight is 385 g/mol. The van der Waals surface area contributed by atoms with Crippen molar-refractivity contribution in [1.82, 2.24) is 9.78 Å². The first kappa shape index (κ1) is 17.0. The van der Waals surface area contributed by atoms with E-state index in [-0.39, 0.29) is 22.4 Å². The molecule has 7 nitrogen and oxygen atoms in total. The second-order valence-electron chi connectivity index (χ2n) is 6.58. The molecule has 1 amide bonds. The smallest absolute Gasteiger partial charge is 0.302 e. The largest absolute Gasteiger partial charge is 0.425 e. The topological polar surface area (TPSA) is 90.3 Å². The number of hydrogen-bond donors (Lipinski definition) is 1. The number of para-hydroxylation sites is 1. The molecule has 3 heterocycles. The van der Waals surface area contributed by atoms with Crippen LogP contribution in [-0.2, 0) is 6.54 Å². The number of nitrogens with one attached hydrogen (secondary N) is 1. The fourth-order valence-corrected chi connectivity index (χ4v) is 3.17. The summed E-state index contributed by atoms with van der Waals surface area (Å²) in [7, 11) is 0. The molecule has 5 rings (SSSR count). The van der Waals surface area contributed by atoms with Crippen molar-refractivity contribution >= 4 is 33.9 Å². The van der Waals surface area contributed by atoms with Crippen LogP contribution in [0.15, 0.2) is 86.6 Å². The second-order valence-corrected chi connectivity index (χ2v) is 6.58. The molecular weight excluding hydrogens is 370 g/mol. The van der Waals surface area contributed by atoms with Gasteiger partial charge in [-0.3, -0.25) is 14.3 Å². The molecule has 0 aliphatic carbocycles. The monoisotopic (exact) mass is 385 g/mol. The summed E-state index contributed by atoms with van der Waals surface area (Å²) in [5.41, 5.74) is 1.27. The molecule has 0 bridgehead atoms. The number of rotatable bonds is 4. The Morgan fingerprint density at radius 1 is 0.966 bits per heavy atom. The van der Waals surface area contributed by atoms with Gasteiger partial charge in [-0.05, 0) is 17.7 Å². The van der Waals surface area contributed by atoms with E-state index in [0.717, 1.165) is 5.56 Å². The van der Waals surface area contributed by atoms with E-state index >= 15 is 0 Å². The molecule has 0 radical (unpaired) electrons. The maximum Gasteiger partial charge on any atom is 0.302 e. The Hall–Kier alpha value is -4.13. The van der Waals surface area contributed by atoms with Crippen LogP contribution in [-0.4, -0.2) is 15.7 Å². The fraction of sp³-hybridized carbons (Fsp3) is 0.0455. The first-order valence-corrected chi connectivity index (χ1v) is 9.01. The summed E-state index contributed by atoms with van der Waals surface area (Å²) in [4.78, 5) is 25.1. The SMILES string of the molecule is O=C(Nc1ccn(Cc2ccccc2)n1)c1cc2c(=O)c3ccccc3oc2o1. The molecule has 0 atom stereocenters. The molecule has 1 N–H and O–H groups in total. The number of furan rings is 1. The number of carbonyl (C=O) groups excluding carboxylic acids is 1. The lowest BCUT2D eigenvalue weighted by Gasteiger charge is -2.01. The van der Waals surface area contributed by atoms with Gasteiger partial charge in [0.25, 0.3) is 5.91 Å². The second kappa shape index (κ2) is 6.79.